The summed E-state index contributed by atoms with van der Waals surface area (Å²) in [6.45, 7) is 3.11. The second-order valence-corrected chi connectivity index (χ2v) is 10.7. The minimum atomic E-state index is -0.928. The van der Waals surface area contributed by atoms with Crippen LogP contribution in [0, 0.1) is 0 Å². The molecule has 0 unspecified atom stereocenters. The van der Waals surface area contributed by atoms with E-state index in [4.69, 9.17) is 24.7 Å². The highest BCUT2D eigenvalue weighted by Crippen LogP contribution is 2.24. The van der Waals surface area contributed by atoms with E-state index in [1.54, 1.807) is 37.3 Å². The van der Waals surface area contributed by atoms with Gasteiger partial charge in [-0.1, -0.05) is 24.3 Å². The maximum atomic E-state index is 12.6. The molecule has 0 radical (unpaired) electrons. The lowest BCUT2D eigenvalue weighted by atomic mass is 10.0. The molecule has 1 fully saturated rings. The van der Waals surface area contributed by atoms with Crippen LogP contribution in [0.4, 0.5) is 0 Å². The van der Waals surface area contributed by atoms with Crippen molar-refractivity contribution < 1.29 is 48.3 Å². The first-order valence-corrected chi connectivity index (χ1v) is 15.3. The molecule has 0 spiro atoms. The van der Waals surface area contributed by atoms with Crippen molar-refractivity contribution in [1.29, 1.82) is 0 Å². The molecule has 1 saturated heterocycles. The van der Waals surface area contributed by atoms with Gasteiger partial charge in [-0.2, -0.15) is 0 Å². The first-order chi connectivity index (χ1) is 22.1. The smallest absolute Gasteiger partial charge is 0.258 e. The monoisotopic (exact) mass is 644 g/mol. The molecule has 0 bridgehead atoms. The number of carbonyl (C=O) groups is 4. The Morgan fingerprint density at radius 1 is 0.891 bits per heavy atom. The van der Waals surface area contributed by atoms with Crippen LogP contribution >= 0.6 is 0 Å². The minimum Gasteiger partial charge on any atom is -0.484 e. The number of ether oxygens (including phenoxy) is 4. The zero-order chi connectivity index (χ0) is 33.3. The van der Waals surface area contributed by atoms with Crippen molar-refractivity contribution in [2.24, 2.45) is 5.73 Å². The molecule has 46 heavy (non-hydrogen) atoms. The van der Waals surface area contributed by atoms with Crippen molar-refractivity contribution in [3.05, 3.63) is 54.1 Å². The van der Waals surface area contributed by atoms with Crippen molar-refractivity contribution in [2.75, 3.05) is 46.1 Å². The van der Waals surface area contributed by atoms with E-state index in [2.05, 4.69) is 16.0 Å². The number of amides is 4. The van der Waals surface area contributed by atoms with Crippen LogP contribution in [0.2, 0.25) is 0 Å². The number of hydrogen-bond donors (Lipinski definition) is 6. The van der Waals surface area contributed by atoms with E-state index in [-0.39, 0.29) is 76.5 Å². The van der Waals surface area contributed by atoms with E-state index in [9.17, 15) is 29.4 Å². The van der Waals surface area contributed by atoms with Gasteiger partial charge in [0, 0.05) is 44.5 Å². The lowest BCUT2D eigenvalue weighted by molar-refractivity contribution is -0.248. The van der Waals surface area contributed by atoms with Crippen molar-refractivity contribution in [3.8, 4) is 16.9 Å². The lowest BCUT2D eigenvalue weighted by Gasteiger charge is -2.35. The largest absolute Gasteiger partial charge is 0.484 e. The van der Waals surface area contributed by atoms with Crippen LogP contribution in [-0.2, 0) is 28.6 Å². The number of aliphatic hydroxyl groups is 2. The summed E-state index contributed by atoms with van der Waals surface area (Å²) in [5.74, 6) is -0.725. The Morgan fingerprint density at radius 2 is 1.63 bits per heavy atom. The lowest BCUT2D eigenvalue weighted by Crippen LogP contribution is -2.47. The molecule has 0 aromatic heterocycles. The number of hydrogen-bond acceptors (Lipinski definition) is 10. The Hall–Kier alpha value is -4.08. The molecule has 0 saturated carbocycles. The maximum Gasteiger partial charge on any atom is 0.258 e. The number of rotatable bonds is 19. The predicted molar refractivity (Wildman–Crippen MR) is 167 cm³/mol. The zero-order valence-electron chi connectivity index (χ0n) is 25.9. The molecule has 1 aliphatic rings. The summed E-state index contributed by atoms with van der Waals surface area (Å²) in [6.07, 6.45) is -2.02. The van der Waals surface area contributed by atoms with Gasteiger partial charge < -0.3 is 50.8 Å². The van der Waals surface area contributed by atoms with Gasteiger partial charge in [-0.25, -0.2) is 0 Å². The highest BCUT2D eigenvalue weighted by atomic mass is 16.7. The molecule has 0 aliphatic carbocycles. The van der Waals surface area contributed by atoms with Gasteiger partial charge in [-0.3, -0.25) is 19.2 Å². The van der Waals surface area contributed by atoms with E-state index in [0.29, 0.717) is 24.3 Å². The van der Waals surface area contributed by atoms with Crippen LogP contribution in [-0.4, -0.2) is 105 Å². The third kappa shape index (κ3) is 13.1. The zero-order valence-corrected chi connectivity index (χ0v) is 25.9. The fraction of sp³-hybridized carbons (Fsp3) is 0.500. The van der Waals surface area contributed by atoms with Crippen molar-refractivity contribution in [1.82, 2.24) is 16.0 Å². The summed E-state index contributed by atoms with van der Waals surface area (Å²) in [5.41, 5.74) is 7.20. The summed E-state index contributed by atoms with van der Waals surface area (Å²) >= 11 is 0. The number of nitrogens with one attached hydrogen (secondary N) is 3. The number of benzene rings is 2. The molecular formula is C32H44N4O10. The highest BCUT2D eigenvalue weighted by molar-refractivity contribution is 5.95. The average molecular weight is 645 g/mol. The molecule has 1 aliphatic heterocycles. The minimum absolute atomic E-state index is 0.155. The fourth-order valence-electron chi connectivity index (χ4n) is 4.51. The first kappa shape index (κ1) is 36.4. The SMILES string of the molecule is C[C@@H]1O[C@@H](OCCOCCNC(=O)COc2ccc(-c3cccc(C(=O)NCCNC(=O)CCCC(N)=O)c3)cc2)C[C@H](O)[C@H]1O. The van der Waals surface area contributed by atoms with Crippen LogP contribution in [0.25, 0.3) is 11.1 Å². The Bertz CT molecular complexity index is 1260. The van der Waals surface area contributed by atoms with Gasteiger partial charge >= 0.3 is 0 Å². The van der Waals surface area contributed by atoms with Gasteiger partial charge in [-0.15, -0.1) is 0 Å². The Kier molecular flexibility index (Phi) is 15.4. The number of primary amides is 1. The molecule has 3 rings (SSSR count). The molecule has 4 amide bonds. The Morgan fingerprint density at radius 3 is 2.37 bits per heavy atom. The van der Waals surface area contributed by atoms with Gasteiger partial charge in [-0.05, 0) is 48.7 Å². The van der Waals surface area contributed by atoms with Crippen molar-refractivity contribution in [2.45, 2.75) is 57.2 Å². The van der Waals surface area contributed by atoms with Crippen LogP contribution in [0.5, 0.6) is 5.75 Å². The number of nitrogens with two attached hydrogens (primary N) is 1. The molecule has 14 heteroatoms. The second-order valence-electron chi connectivity index (χ2n) is 10.7. The van der Waals surface area contributed by atoms with Gasteiger partial charge in [0.15, 0.2) is 12.9 Å². The molecular weight excluding hydrogens is 600 g/mol. The maximum absolute atomic E-state index is 12.6. The van der Waals surface area contributed by atoms with E-state index >= 15 is 0 Å². The van der Waals surface area contributed by atoms with Gasteiger partial charge in [0.1, 0.15) is 11.9 Å². The normalized spacial score (nSPS) is 19.2. The van der Waals surface area contributed by atoms with Crippen LogP contribution < -0.4 is 26.4 Å². The standard InChI is InChI=1S/C32H44N4O10/c1-21-31(41)26(37)19-30(46-21)44-17-16-43-15-14-35-29(40)20-45-25-10-8-22(9-11-25)23-4-2-5-24(18-23)32(42)36-13-12-34-28(39)7-3-6-27(33)38/h2,4-5,8-11,18,21,26,30-31,37,41H,3,6-7,12-17,19-20H2,1H3,(H2,33,38)(H,34,39)(H,35,40)(H,36,42)/t21-,26-,30+,31-/m0/s1. The first-order valence-electron chi connectivity index (χ1n) is 15.3. The highest BCUT2D eigenvalue weighted by Gasteiger charge is 2.34. The van der Waals surface area contributed by atoms with E-state index in [0.717, 1.165) is 11.1 Å². The van der Waals surface area contributed by atoms with E-state index < -0.39 is 30.5 Å². The van der Waals surface area contributed by atoms with Crippen LogP contribution in [0.1, 0.15) is 43.0 Å². The number of aliphatic hydroxyl groups excluding tert-OH is 2. The third-order valence-electron chi connectivity index (χ3n) is 7.02. The Balaban J connectivity index is 1.29. The summed E-state index contributed by atoms with van der Waals surface area (Å²) in [5, 5.41) is 27.6. The van der Waals surface area contributed by atoms with Gasteiger partial charge in [0.25, 0.3) is 11.8 Å². The molecule has 7 N–H and O–H groups in total. The van der Waals surface area contributed by atoms with Crippen molar-refractivity contribution in [3.63, 3.8) is 0 Å². The van der Waals surface area contributed by atoms with E-state index in [1.807, 2.05) is 18.2 Å². The molecule has 2 aromatic rings. The topological polar surface area (TPSA) is 208 Å². The molecule has 1 heterocycles. The van der Waals surface area contributed by atoms with Gasteiger partial charge in [0.2, 0.25) is 11.8 Å². The molecule has 14 nitrogen and oxygen atoms in total. The van der Waals surface area contributed by atoms with E-state index in [1.165, 1.54) is 0 Å². The van der Waals surface area contributed by atoms with Crippen molar-refractivity contribution >= 4 is 23.6 Å². The predicted octanol–water partition coefficient (Wildman–Crippen LogP) is 0.240. The van der Waals surface area contributed by atoms with Gasteiger partial charge in [0.05, 0.1) is 32.0 Å². The number of carbonyl (C=O) groups excluding carboxylic acids is 4. The Labute approximate surface area is 267 Å². The summed E-state index contributed by atoms with van der Waals surface area (Å²) in [4.78, 5) is 47.2. The quantitative estimate of drug-likeness (QED) is 0.115. The summed E-state index contributed by atoms with van der Waals surface area (Å²) < 4.78 is 22.0. The fourth-order valence-corrected chi connectivity index (χ4v) is 4.51. The average Bonchev–Trinajstić information content (AvgIpc) is 3.04. The summed E-state index contributed by atoms with van der Waals surface area (Å²) in [6, 6.07) is 14.2. The molecule has 252 valence electrons. The van der Waals surface area contributed by atoms with Crippen LogP contribution in [0.15, 0.2) is 48.5 Å². The van der Waals surface area contributed by atoms with Crippen LogP contribution in [0.3, 0.4) is 0 Å². The summed E-state index contributed by atoms with van der Waals surface area (Å²) in [7, 11) is 0. The molecule has 2 aromatic carbocycles. The second kappa shape index (κ2) is 19.4. The molecule has 4 atom stereocenters. The third-order valence-corrected chi connectivity index (χ3v) is 7.02.